The molecule has 3 fully saturated rings. The minimum Gasteiger partial charge on any atom is -0.396 e. The largest absolute Gasteiger partial charge is 0.396 e. The molecule has 0 bridgehead atoms. The summed E-state index contributed by atoms with van der Waals surface area (Å²) in [5, 5.41) is 9.33. The van der Waals surface area contributed by atoms with Gasteiger partial charge < -0.3 is 29.3 Å². The molecule has 5 rings (SSSR count). The number of amides is 3. The zero-order chi connectivity index (χ0) is 25.5. The summed E-state index contributed by atoms with van der Waals surface area (Å²) >= 11 is 0. The summed E-state index contributed by atoms with van der Waals surface area (Å²) in [6.45, 7) is 7.44. The highest BCUT2D eigenvalue weighted by atomic mass is 16.5. The van der Waals surface area contributed by atoms with Crippen molar-refractivity contribution in [3.63, 3.8) is 0 Å². The molecule has 10 heteroatoms. The first-order valence-corrected chi connectivity index (χ1v) is 13.1. The molecule has 36 heavy (non-hydrogen) atoms. The average Bonchev–Trinajstić information content (AvgIpc) is 3.14. The van der Waals surface area contributed by atoms with Crippen molar-refractivity contribution in [3.8, 4) is 0 Å². The number of morpholine rings is 1. The van der Waals surface area contributed by atoms with Crippen LogP contribution in [0.2, 0.25) is 0 Å². The number of carbonyl (C=O) groups excluding carboxylic acids is 3. The number of carbonyl (C=O) groups is 3. The molecule has 5 aliphatic heterocycles. The Morgan fingerprint density at radius 3 is 2.44 bits per heavy atom. The van der Waals surface area contributed by atoms with Gasteiger partial charge in [0.15, 0.2) is 0 Å². The molecular weight excluding hydrogens is 464 g/mol. The zero-order valence-corrected chi connectivity index (χ0v) is 21.3. The fourth-order valence-electron chi connectivity index (χ4n) is 6.61. The molecule has 1 unspecified atom stereocenters. The van der Waals surface area contributed by atoms with Crippen LogP contribution in [0.5, 0.6) is 0 Å². The number of hydrogen-bond acceptors (Lipinski definition) is 7. The first kappa shape index (κ1) is 25.4. The lowest BCUT2D eigenvalue weighted by Crippen LogP contribution is -2.56. The van der Waals surface area contributed by atoms with E-state index in [9.17, 15) is 19.5 Å². The van der Waals surface area contributed by atoms with Gasteiger partial charge in [0.1, 0.15) is 11.6 Å². The van der Waals surface area contributed by atoms with Crippen LogP contribution in [0.3, 0.4) is 0 Å². The molecule has 0 saturated carbocycles. The summed E-state index contributed by atoms with van der Waals surface area (Å²) in [7, 11) is 1.74. The predicted octanol–water partition coefficient (Wildman–Crippen LogP) is -0.511. The van der Waals surface area contributed by atoms with Crippen LogP contribution in [0.25, 0.3) is 0 Å². The SMILES string of the molecule is CN1CC=C[C@]2(C)O[C@]34C=CCN(CCN5CCOCC5)C(=O)C3N(CCCCO)C(=O)[C@@H]4[C@@H]2C1=O. The van der Waals surface area contributed by atoms with E-state index in [1.807, 2.05) is 36.1 Å². The first-order chi connectivity index (χ1) is 17.3. The highest BCUT2D eigenvalue weighted by Gasteiger charge is 2.74. The van der Waals surface area contributed by atoms with E-state index in [4.69, 9.17) is 9.47 Å². The maximum atomic E-state index is 14.2. The Morgan fingerprint density at radius 1 is 0.944 bits per heavy atom. The minimum absolute atomic E-state index is 0.0199. The highest BCUT2D eigenvalue weighted by molar-refractivity contribution is 6.00. The second-order valence-corrected chi connectivity index (χ2v) is 10.7. The summed E-state index contributed by atoms with van der Waals surface area (Å²) in [4.78, 5) is 49.1. The number of unbranched alkanes of at least 4 members (excludes halogenated alkanes) is 1. The number of nitrogens with zero attached hydrogens (tertiary/aromatic N) is 4. The number of hydrogen-bond donors (Lipinski definition) is 1. The highest BCUT2D eigenvalue weighted by Crippen LogP contribution is 2.57. The molecular formula is C26H38N4O6. The summed E-state index contributed by atoms with van der Waals surface area (Å²) in [6, 6.07) is -0.840. The van der Waals surface area contributed by atoms with Gasteiger partial charge in [-0.2, -0.15) is 0 Å². The van der Waals surface area contributed by atoms with Gasteiger partial charge in [-0.15, -0.1) is 0 Å². The third-order valence-corrected chi connectivity index (χ3v) is 8.44. The van der Waals surface area contributed by atoms with Crippen LogP contribution in [0, 0.1) is 11.8 Å². The lowest BCUT2D eigenvalue weighted by molar-refractivity contribution is -0.152. The molecule has 1 N–H and O–H groups in total. The van der Waals surface area contributed by atoms with E-state index in [0.717, 1.165) is 19.6 Å². The van der Waals surface area contributed by atoms with Crippen LogP contribution in [0.4, 0.5) is 0 Å². The van der Waals surface area contributed by atoms with Gasteiger partial charge in [-0.05, 0) is 19.8 Å². The molecule has 10 nitrogen and oxygen atoms in total. The Labute approximate surface area is 212 Å². The number of rotatable bonds is 7. The smallest absolute Gasteiger partial charge is 0.249 e. The van der Waals surface area contributed by atoms with Gasteiger partial charge in [0.05, 0.1) is 30.7 Å². The Kier molecular flexibility index (Phi) is 6.97. The van der Waals surface area contributed by atoms with Crippen LogP contribution >= 0.6 is 0 Å². The van der Waals surface area contributed by atoms with Gasteiger partial charge in [0.25, 0.3) is 0 Å². The van der Waals surface area contributed by atoms with Crippen molar-refractivity contribution in [2.75, 3.05) is 72.7 Å². The maximum absolute atomic E-state index is 14.2. The van der Waals surface area contributed by atoms with E-state index in [0.29, 0.717) is 52.2 Å². The molecule has 5 aliphatic rings. The maximum Gasteiger partial charge on any atom is 0.249 e. The normalized spacial score (nSPS) is 36.7. The van der Waals surface area contributed by atoms with Crippen molar-refractivity contribution in [2.24, 2.45) is 11.8 Å². The van der Waals surface area contributed by atoms with Gasteiger partial charge in [-0.3, -0.25) is 19.3 Å². The summed E-state index contributed by atoms with van der Waals surface area (Å²) < 4.78 is 12.2. The monoisotopic (exact) mass is 502 g/mol. The van der Waals surface area contributed by atoms with E-state index >= 15 is 0 Å². The van der Waals surface area contributed by atoms with E-state index < -0.39 is 29.1 Å². The fourth-order valence-corrected chi connectivity index (χ4v) is 6.61. The van der Waals surface area contributed by atoms with E-state index in [1.165, 1.54) is 0 Å². The van der Waals surface area contributed by atoms with Gasteiger partial charge in [-0.1, -0.05) is 24.3 Å². The average molecular weight is 503 g/mol. The lowest BCUT2D eigenvalue weighted by Gasteiger charge is -2.38. The first-order valence-electron chi connectivity index (χ1n) is 13.1. The van der Waals surface area contributed by atoms with Crippen LogP contribution in [0.15, 0.2) is 24.3 Å². The van der Waals surface area contributed by atoms with Crippen molar-refractivity contribution in [3.05, 3.63) is 24.3 Å². The quantitative estimate of drug-likeness (QED) is 0.370. The van der Waals surface area contributed by atoms with Crippen LogP contribution in [-0.2, 0) is 23.9 Å². The van der Waals surface area contributed by atoms with Gasteiger partial charge in [-0.25, -0.2) is 0 Å². The van der Waals surface area contributed by atoms with Gasteiger partial charge in [0.2, 0.25) is 17.7 Å². The molecule has 198 valence electrons. The summed E-state index contributed by atoms with van der Waals surface area (Å²) in [6.07, 6.45) is 8.73. The Balaban J connectivity index is 1.49. The van der Waals surface area contributed by atoms with Crippen molar-refractivity contribution in [2.45, 2.75) is 37.0 Å². The molecule has 5 atom stereocenters. The summed E-state index contributed by atoms with van der Waals surface area (Å²) in [5.41, 5.74) is -2.19. The molecule has 0 radical (unpaired) electrons. The summed E-state index contributed by atoms with van der Waals surface area (Å²) in [5.74, 6) is -1.98. The molecule has 0 aromatic carbocycles. The van der Waals surface area contributed by atoms with Crippen LogP contribution in [0.1, 0.15) is 19.8 Å². The van der Waals surface area contributed by atoms with Gasteiger partial charge >= 0.3 is 0 Å². The zero-order valence-electron chi connectivity index (χ0n) is 21.3. The topological polar surface area (TPSA) is 103 Å². The number of likely N-dealkylation sites (N-methyl/N-ethyl adjacent to an activating group) is 1. The molecule has 5 heterocycles. The standard InChI is InChI=1S/C26H38N4O6/c1-25-7-5-9-27(2)22(32)19(25)20-23(33)30(11-3-4-16-31)21-24(34)29(10-6-8-26(20,21)36-25)13-12-28-14-17-35-18-15-28/h5-8,19-21,31H,3-4,9-18H2,1-2H3/t19-,20+,21?,25+,26+/m1/s1. The van der Waals surface area contributed by atoms with E-state index in [-0.39, 0.29) is 24.3 Å². The molecule has 1 spiro atoms. The number of aliphatic hydroxyl groups is 1. The number of ether oxygens (including phenoxy) is 2. The fraction of sp³-hybridized carbons (Fsp3) is 0.731. The van der Waals surface area contributed by atoms with Crippen LogP contribution in [-0.4, -0.2) is 132 Å². The molecule has 0 aromatic rings. The third-order valence-electron chi connectivity index (χ3n) is 8.44. The van der Waals surface area contributed by atoms with E-state index in [1.54, 1.807) is 16.8 Å². The molecule has 0 aliphatic carbocycles. The molecule has 3 amide bonds. The predicted molar refractivity (Wildman–Crippen MR) is 131 cm³/mol. The van der Waals surface area contributed by atoms with Crippen molar-refractivity contribution >= 4 is 17.7 Å². The second kappa shape index (κ2) is 9.89. The molecule has 3 saturated heterocycles. The number of fused-ring (bicyclic) bond motifs is 2. The van der Waals surface area contributed by atoms with Crippen LogP contribution < -0.4 is 0 Å². The lowest BCUT2D eigenvalue weighted by atomic mass is 9.74. The van der Waals surface area contributed by atoms with E-state index in [2.05, 4.69) is 4.90 Å². The van der Waals surface area contributed by atoms with Crippen molar-refractivity contribution < 1.29 is 29.0 Å². The molecule has 0 aromatic heterocycles. The Hall–Kier alpha value is -2.27. The Bertz CT molecular complexity index is 949. The Morgan fingerprint density at radius 2 is 1.69 bits per heavy atom. The van der Waals surface area contributed by atoms with Crippen molar-refractivity contribution in [1.29, 1.82) is 0 Å². The van der Waals surface area contributed by atoms with Crippen molar-refractivity contribution in [1.82, 2.24) is 19.6 Å². The third kappa shape index (κ3) is 4.08. The minimum atomic E-state index is -1.21. The second-order valence-electron chi connectivity index (χ2n) is 10.7. The van der Waals surface area contributed by atoms with Gasteiger partial charge in [0, 0.05) is 59.5 Å². The number of aliphatic hydroxyl groups excluding tert-OH is 1. The number of likely N-dealkylation sites (tertiary alicyclic amines) is 1.